The maximum Gasteiger partial charge on any atom is 0.472 e. The van der Waals surface area contributed by atoms with Crippen LogP contribution in [-0.4, -0.2) is 49.3 Å². The molecule has 0 aliphatic heterocycles. The normalized spacial score (nSPS) is 12.7. The van der Waals surface area contributed by atoms with Crippen LogP contribution in [0.15, 0.2) is 0 Å². The number of phosphoric acid groups is 1. The van der Waals surface area contributed by atoms with Gasteiger partial charge in [-0.05, 0) is 12.8 Å². The van der Waals surface area contributed by atoms with Gasteiger partial charge in [-0.3, -0.25) is 18.6 Å². The fraction of sp³-hybridized carbons (Fsp3) is 0.976. The average molecular weight is 1370 g/mol. The molecule has 568 valence electrons. The van der Waals surface area contributed by atoms with Crippen molar-refractivity contribution in [2.45, 2.75) is 508 Å². The lowest BCUT2D eigenvalue weighted by molar-refractivity contribution is -0.161. The highest BCUT2D eigenvalue weighted by atomic mass is 31.2. The second-order valence-electron chi connectivity index (χ2n) is 30.1. The highest BCUT2D eigenvalue weighted by Crippen LogP contribution is 2.43. The van der Waals surface area contributed by atoms with Crippen molar-refractivity contribution in [2.24, 2.45) is 5.73 Å². The first kappa shape index (κ1) is 94.0. The Morgan fingerprint density at radius 3 is 0.642 bits per heavy atom. The molecule has 0 radical (unpaired) electrons. The van der Waals surface area contributed by atoms with Crippen molar-refractivity contribution in [3.63, 3.8) is 0 Å². The largest absolute Gasteiger partial charge is 0.472 e. The standard InChI is InChI=1S/C85H170NO8P/c1-3-5-7-9-11-13-15-17-19-21-23-25-27-29-31-33-35-37-38-39-40-41-42-43-44-46-48-50-52-54-56-58-60-62-64-66-68-70-72-74-76-78-85(88)94-83(82-93-95(89,90)92-80-79-86)81-91-84(87)77-75-73-71-69-67-65-63-61-59-57-55-53-51-49-47-45-36-34-32-30-28-26-24-22-20-18-16-14-12-10-8-6-4-2/h83H,3-82,86H2,1-2H3,(H,89,90). The van der Waals surface area contributed by atoms with E-state index in [2.05, 4.69) is 13.8 Å². The zero-order valence-electron chi connectivity index (χ0n) is 64.5. The molecular formula is C85H170NO8P. The second kappa shape index (κ2) is 82.0. The summed E-state index contributed by atoms with van der Waals surface area (Å²) in [5.74, 6) is -0.793. The number of hydrogen-bond acceptors (Lipinski definition) is 8. The number of phosphoric ester groups is 1. The minimum absolute atomic E-state index is 0.0590. The van der Waals surface area contributed by atoms with Crippen LogP contribution >= 0.6 is 7.82 Å². The molecule has 0 aromatic heterocycles. The molecule has 0 aliphatic carbocycles. The van der Waals surface area contributed by atoms with E-state index in [-0.39, 0.29) is 32.1 Å². The second-order valence-corrected chi connectivity index (χ2v) is 31.6. The summed E-state index contributed by atoms with van der Waals surface area (Å²) in [7, 11) is -4.39. The monoisotopic (exact) mass is 1360 g/mol. The predicted molar refractivity (Wildman–Crippen MR) is 414 cm³/mol. The van der Waals surface area contributed by atoms with Gasteiger partial charge in [0.1, 0.15) is 6.61 Å². The zero-order chi connectivity index (χ0) is 68.6. The summed E-state index contributed by atoms with van der Waals surface area (Å²) in [6.07, 6.45) is 102. The molecule has 0 fully saturated rings. The molecule has 0 aliphatic rings. The Labute approximate surface area is 594 Å². The molecule has 0 aromatic carbocycles. The van der Waals surface area contributed by atoms with Gasteiger partial charge in [0.15, 0.2) is 6.10 Å². The first-order valence-corrected chi connectivity index (χ1v) is 45.0. The Morgan fingerprint density at radius 2 is 0.453 bits per heavy atom. The fourth-order valence-corrected chi connectivity index (χ4v) is 14.8. The van der Waals surface area contributed by atoms with Crippen molar-refractivity contribution in [3.05, 3.63) is 0 Å². The van der Waals surface area contributed by atoms with E-state index in [9.17, 15) is 19.0 Å². The molecule has 0 saturated heterocycles. The summed E-state index contributed by atoms with van der Waals surface area (Å²) in [5.41, 5.74) is 5.42. The molecule has 0 aromatic rings. The van der Waals surface area contributed by atoms with Crippen molar-refractivity contribution in [3.8, 4) is 0 Å². The average Bonchev–Trinajstić information content (AvgIpc) is 2.75. The number of carbonyl (C=O) groups is 2. The van der Waals surface area contributed by atoms with Crippen LogP contribution in [0.25, 0.3) is 0 Å². The fourth-order valence-electron chi connectivity index (χ4n) is 14.1. The van der Waals surface area contributed by atoms with E-state index in [0.717, 1.165) is 32.1 Å². The van der Waals surface area contributed by atoms with Crippen molar-refractivity contribution >= 4 is 19.8 Å². The lowest BCUT2D eigenvalue weighted by Gasteiger charge is -2.19. The summed E-state index contributed by atoms with van der Waals surface area (Å²) >= 11 is 0. The molecule has 0 saturated carbocycles. The minimum atomic E-state index is -4.39. The molecule has 0 amide bonds. The summed E-state index contributed by atoms with van der Waals surface area (Å²) in [6, 6.07) is 0. The van der Waals surface area contributed by atoms with E-state index in [0.29, 0.717) is 12.8 Å². The highest BCUT2D eigenvalue weighted by Gasteiger charge is 2.26. The molecule has 2 unspecified atom stereocenters. The molecular weight excluding hydrogens is 1190 g/mol. The van der Waals surface area contributed by atoms with E-state index >= 15 is 0 Å². The topological polar surface area (TPSA) is 134 Å². The van der Waals surface area contributed by atoms with Crippen molar-refractivity contribution < 1.29 is 37.6 Å². The molecule has 0 spiro atoms. The Bertz CT molecular complexity index is 1520. The molecule has 0 rings (SSSR count). The first-order chi connectivity index (χ1) is 46.8. The van der Waals surface area contributed by atoms with Crippen LogP contribution in [-0.2, 0) is 32.7 Å². The molecule has 0 bridgehead atoms. The van der Waals surface area contributed by atoms with Crippen LogP contribution in [0.5, 0.6) is 0 Å². The quantitative estimate of drug-likeness (QED) is 0.0347. The summed E-state index contributed by atoms with van der Waals surface area (Å²) in [4.78, 5) is 35.5. The van der Waals surface area contributed by atoms with E-state index in [4.69, 9.17) is 24.3 Å². The Kier molecular flexibility index (Phi) is 81.1. The third-order valence-electron chi connectivity index (χ3n) is 20.5. The van der Waals surface area contributed by atoms with Gasteiger partial charge in [-0.1, -0.05) is 476 Å². The highest BCUT2D eigenvalue weighted by molar-refractivity contribution is 7.47. The summed E-state index contributed by atoms with van der Waals surface area (Å²) < 4.78 is 33.3. The van der Waals surface area contributed by atoms with Crippen LogP contribution in [0.2, 0.25) is 0 Å². The lowest BCUT2D eigenvalue weighted by atomic mass is 10.0. The molecule has 10 heteroatoms. The molecule has 9 nitrogen and oxygen atoms in total. The third-order valence-corrected chi connectivity index (χ3v) is 21.5. The summed E-state index contributed by atoms with van der Waals surface area (Å²) in [6.45, 7) is 3.86. The maximum atomic E-state index is 12.8. The van der Waals surface area contributed by atoms with Gasteiger partial charge in [-0.2, -0.15) is 0 Å². The number of carbonyl (C=O) groups excluding carboxylic acids is 2. The van der Waals surface area contributed by atoms with Gasteiger partial charge in [0.25, 0.3) is 0 Å². The van der Waals surface area contributed by atoms with Crippen molar-refractivity contribution in [1.29, 1.82) is 0 Å². The number of hydrogen-bond donors (Lipinski definition) is 2. The SMILES string of the molecule is CCCCCCCCCCCCCCCCCCCCCCCCCCCCCCCCCCCCCCCCCCCC(=O)OC(COC(=O)CCCCCCCCCCCCCCCCCCCCCCCCCCCCCCCCCCC)COP(=O)(O)OCCN. The molecule has 2 atom stereocenters. The van der Waals surface area contributed by atoms with Gasteiger partial charge in [-0.15, -0.1) is 0 Å². The third kappa shape index (κ3) is 81.9. The Hall–Kier alpha value is -0.990. The van der Waals surface area contributed by atoms with E-state index in [1.807, 2.05) is 0 Å². The molecule has 3 N–H and O–H groups in total. The van der Waals surface area contributed by atoms with Gasteiger partial charge >= 0.3 is 19.8 Å². The van der Waals surface area contributed by atoms with Gasteiger partial charge < -0.3 is 20.1 Å². The van der Waals surface area contributed by atoms with Crippen molar-refractivity contribution in [1.82, 2.24) is 0 Å². The Balaban J connectivity index is 3.68. The van der Waals surface area contributed by atoms with Crippen LogP contribution in [0.3, 0.4) is 0 Å². The van der Waals surface area contributed by atoms with Crippen LogP contribution < -0.4 is 5.73 Å². The summed E-state index contributed by atoms with van der Waals surface area (Å²) in [5, 5.41) is 0. The molecule has 95 heavy (non-hydrogen) atoms. The minimum Gasteiger partial charge on any atom is -0.462 e. The van der Waals surface area contributed by atoms with E-state index in [1.54, 1.807) is 0 Å². The first-order valence-electron chi connectivity index (χ1n) is 43.5. The van der Waals surface area contributed by atoms with Crippen LogP contribution in [0.4, 0.5) is 0 Å². The van der Waals surface area contributed by atoms with Gasteiger partial charge in [0.05, 0.1) is 13.2 Å². The van der Waals surface area contributed by atoms with Gasteiger partial charge in [-0.25, -0.2) is 4.57 Å². The number of nitrogens with two attached hydrogens (primary N) is 1. The number of rotatable bonds is 85. The zero-order valence-corrected chi connectivity index (χ0v) is 65.4. The van der Waals surface area contributed by atoms with Crippen LogP contribution in [0, 0.1) is 0 Å². The van der Waals surface area contributed by atoms with Crippen LogP contribution in [0.1, 0.15) is 502 Å². The maximum absolute atomic E-state index is 12.8. The van der Waals surface area contributed by atoms with E-state index < -0.39 is 26.5 Å². The lowest BCUT2D eigenvalue weighted by Crippen LogP contribution is -2.29. The Morgan fingerprint density at radius 1 is 0.274 bits per heavy atom. The molecule has 0 heterocycles. The number of esters is 2. The number of ether oxygens (including phenoxy) is 2. The smallest absolute Gasteiger partial charge is 0.462 e. The van der Waals surface area contributed by atoms with Gasteiger partial charge in [0.2, 0.25) is 0 Å². The van der Waals surface area contributed by atoms with Gasteiger partial charge in [0, 0.05) is 19.4 Å². The van der Waals surface area contributed by atoms with E-state index in [1.165, 1.54) is 437 Å². The predicted octanol–water partition coefficient (Wildman–Crippen LogP) is 29.2. The van der Waals surface area contributed by atoms with Crippen molar-refractivity contribution in [2.75, 3.05) is 26.4 Å². The number of unbranched alkanes of at least 4 members (excludes halogenated alkanes) is 72.